The zero-order valence-corrected chi connectivity index (χ0v) is 16.6. The second-order valence-corrected chi connectivity index (χ2v) is 9.45. The number of nitrogens with zero attached hydrogens (tertiary/aromatic N) is 2. The number of hydrazone groups is 1. The normalized spacial score (nSPS) is 20.5. The first kappa shape index (κ1) is 18.9. The van der Waals surface area contributed by atoms with Crippen molar-refractivity contribution < 1.29 is 9.59 Å². The highest BCUT2D eigenvalue weighted by atomic mass is 32.1. The summed E-state index contributed by atoms with van der Waals surface area (Å²) in [6.07, 6.45) is 4.61. The third kappa shape index (κ3) is 4.26. The molecule has 1 fully saturated rings. The number of hydrogen-bond acceptors (Lipinski definition) is 4. The lowest BCUT2D eigenvalue weighted by Gasteiger charge is -2.33. The SMILES string of the molecule is CC(C)(C)C1CCc2sc(C(=O)NN=C3CCN(C(N)=O)CC3)cc2C1. The van der Waals surface area contributed by atoms with E-state index in [4.69, 9.17) is 5.73 Å². The number of nitrogens with one attached hydrogen (secondary N) is 1. The van der Waals surface area contributed by atoms with E-state index in [9.17, 15) is 9.59 Å². The van der Waals surface area contributed by atoms with Crippen LogP contribution in [0.3, 0.4) is 0 Å². The summed E-state index contributed by atoms with van der Waals surface area (Å²) in [6, 6.07) is 1.65. The third-order valence-corrected chi connectivity index (χ3v) is 6.74. The number of aryl methyl sites for hydroxylation is 1. The Hall–Kier alpha value is -1.89. The summed E-state index contributed by atoms with van der Waals surface area (Å²) in [6.45, 7) is 8.00. The standard InChI is InChI=1S/C19H28N4O2S/c1-19(2,3)13-4-5-15-12(10-13)11-16(26-15)17(24)22-21-14-6-8-23(9-7-14)18(20)25/h11,13H,4-10H2,1-3H3,(H2,20,25)(H,22,24). The van der Waals surface area contributed by atoms with Gasteiger partial charge in [0, 0.05) is 36.5 Å². The molecule has 1 aromatic rings. The number of carbonyl (C=O) groups excluding carboxylic acids is 2. The number of fused-ring (bicyclic) bond motifs is 1. The predicted molar refractivity (Wildman–Crippen MR) is 105 cm³/mol. The van der Waals surface area contributed by atoms with Crippen LogP contribution in [0.4, 0.5) is 4.79 Å². The van der Waals surface area contributed by atoms with Gasteiger partial charge < -0.3 is 10.6 Å². The Morgan fingerprint density at radius 2 is 1.96 bits per heavy atom. The van der Waals surface area contributed by atoms with Crippen molar-refractivity contribution >= 4 is 29.0 Å². The summed E-state index contributed by atoms with van der Waals surface area (Å²) in [5.74, 6) is 0.526. The molecule has 142 valence electrons. The monoisotopic (exact) mass is 376 g/mol. The smallest absolute Gasteiger partial charge is 0.314 e. The summed E-state index contributed by atoms with van der Waals surface area (Å²) in [4.78, 5) is 27.3. The van der Waals surface area contributed by atoms with Crippen molar-refractivity contribution in [3.63, 3.8) is 0 Å². The van der Waals surface area contributed by atoms with E-state index in [0.717, 1.165) is 23.4 Å². The van der Waals surface area contributed by atoms with Crippen LogP contribution in [0.5, 0.6) is 0 Å². The van der Waals surface area contributed by atoms with Crippen molar-refractivity contribution in [2.45, 2.75) is 52.9 Å². The third-order valence-electron chi connectivity index (χ3n) is 5.50. The lowest BCUT2D eigenvalue weighted by molar-refractivity contribution is 0.0958. The average molecular weight is 377 g/mol. The lowest BCUT2D eigenvalue weighted by atomic mass is 9.72. The maximum atomic E-state index is 12.5. The number of piperidine rings is 1. The van der Waals surface area contributed by atoms with Crippen molar-refractivity contribution in [2.75, 3.05) is 13.1 Å². The number of amides is 3. The first-order valence-corrected chi connectivity index (χ1v) is 10.1. The minimum atomic E-state index is -0.397. The van der Waals surface area contributed by atoms with Crippen LogP contribution in [-0.4, -0.2) is 35.6 Å². The topological polar surface area (TPSA) is 87.8 Å². The molecule has 26 heavy (non-hydrogen) atoms. The molecule has 0 aromatic carbocycles. The summed E-state index contributed by atoms with van der Waals surface area (Å²) in [5, 5.41) is 4.26. The highest BCUT2D eigenvalue weighted by Gasteiger charge is 2.30. The van der Waals surface area contributed by atoms with Crippen LogP contribution in [0, 0.1) is 11.3 Å². The molecule has 0 saturated carbocycles. The Morgan fingerprint density at radius 1 is 1.27 bits per heavy atom. The van der Waals surface area contributed by atoms with Gasteiger partial charge in [0.15, 0.2) is 0 Å². The van der Waals surface area contributed by atoms with Gasteiger partial charge in [0.05, 0.1) is 4.88 Å². The number of urea groups is 1. The van der Waals surface area contributed by atoms with E-state index in [0.29, 0.717) is 37.3 Å². The molecule has 7 heteroatoms. The molecule has 3 N–H and O–H groups in total. The van der Waals surface area contributed by atoms with E-state index in [1.807, 2.05) is 6.07 Å². The Morgan fingerprint density at radius 3 is 2.58 bits per heavy atom. The summed E-state index contributed by atoms with van der Waals surface area (Å²) in [7, 11) is 0. The minimum absolute atomic E-state index is 0.137. The van der Waals surface area contributed by atoms with Crippen molar-refractivity contribution in [1.82, 2.24) is 10.3 Å². The van der Waals surface area contributed by atoms with E-state index in [1.54, 1.807) is 16.2 Å². The largest absolute Gasteiger partial charge is 0.351 e. The van der Waals surface area contributed by atoms with E-state index in [2.05, 4.69) is 31.3 Å². The number of rotatable bonds is 2. The van der Waals surface area contributed by atoms with Gasteiger partial charge in [-0.05, 0) is 42.2 Å². The van der Waals surface area contributed by atoms with E-state index < -0.39 is 6.03 Å². The van der Waals surface area contributed by atoms with Crippen LogP contribution in [0.25, 0.3) is 0 Å². The number of hydrogen-bond donors (Lipinski definition) is 2. The van der Waals surface area contributed by atoms with Gasteiger partial charge in [0.1, 0.15) is 0 Å². The molecule has 1 aliphatic heterocycles. The fourth-order valence-corrected chi connectivity index (χ4v) is 4.75. The van der Waals surface area contributed by atoms with Gasteiger partial charge in [-0.2, -0.15) is 5.10 Å². The zero-order chi connectivity index (χ0) is 18.9. The predicted octanol–water partition coefficient (Wildman–Crippen LogP) is 3.16. The molecule has 6 nitrogen and oxygen atoms in total. The van der Waals surface area contributed by atoms with Crippen molar-refractivity contribution in [3.8, 4) is 0 Å². The molecule has 1 aromatic heterocycles. The quantitative estimate of drug-likeness (QED) is 0.777. The first-order chi connectivity index (χ1) is 12.2. The van der Waals surface area contributed by atoms with Crippen LogP contribution in [0.1, 0.15) is 60.1 Å². The van der Waals surface area contributed by atoms with Crippen molar-refractivity contribution in [2.24, 2.45) is 22.2 Å². The number of carbonyl (C=O) groups is 2. The van der Waals surface area contributed by atoms with Gasteiger partial charge in [-0.25, -0.2) is 10.2 Å². The highest BCUT2D eigenvalue weighted by Crippen LogP contribution is 2.40. The zero-order valence-electron chi connectivity index (χ0n) is 15.8. The van der Waals surface area contributed by atoms with Gasteiger partial charge in [-0.3, -0.25) is 4.79 Å². The van der Waals surface area contributed by atoms with Gasteiger partial charge in [-0.1, -0.05) is 20.8 Å². The maximum Gasteiger partial charge on any atom is 0.314 e. The number of thiophene rings is 1. The van der Waals surface area contributed by atoms with Gasteiger partial charge in [0.25, 0.3) is 5.91 Å². The fraction of sp³-hybridized carbons (Fsp3) is 0.632. The van der Waals surface area contributed by atoms with Gasteiger partial charge in [-0.15, -0.1) is 11.3 Å². The molecule has 3 amide bonds. The molecule has 0 spiro atoms. The van der Waals surface area contributed by atoms with Crippen LogP contribution in [0.2, 0.25) is 0 Å². The van der Waals surface area contributed by atoms with Crippen molar-refractivity contribution in [1.29, 1.82) is 0 Å². The second kappa shape index (κ2) is 7.39. The van der Waals surface area contributed by atoms with E-state index >= 15 is 0 Å². The summed E-state index contributed by atoms with van der Waals surface area (Å²) >= 11 is 1.60. The Bertz CT molecular complexity index is 722. The molecule has 0 radical (unpaired) electrons. The van der Waals surface area contributed by atoms with Crippen LogP contribution in [0.15, 0.2) is 11.2 Å². The van der Waals surface area contributed by atoms with Crippen molar-refractivity contribution in [3.05, 3.63) is 21.4 Å². The number of nitrogens with two attached hydrogens (primary N) is 1. The Kier molecular flexibility index (Phi) is 5.37. The molecule has 1 aliphatic carbocycles. The molecule has 1 atom stereocenters. The Balaban J connectivity index is 1.59. The molecule has 3 rings (SSSR count). The highest BCUT2D eigenvalue weighted by molar-refractivity contribution is 7.14. The maximum absolute atomic E-state index is 12.5. The lowest BCUT2D eigenvalue weighted by Crippen LogP contribution is -2.42. The number of likely N-dealkylation sites (tertiary alicyclic amines) is 1. The molecular formula is C19H28N4O2S. The first-order valence-electron chi connectivity index (χ1n) is 9.26. The van der Waals surface area contributed by atoms with Crippen LogP contribution < -0.4 is 11.2 Å². The fourth-order valence-electron chi connectivity index (χ4n) is 3.66. The van der Waals surface area contributed by atoms with Gasteiger partial charge >= 0.3 is 6.03 Å². The minimum Gasteiger partial charge on any atom is -0.351 e. The van der Waals surface area contributed by atoms with Crippen LogP contribution in [-0.2, 0) is 12.8 Å². The average Bonchev–Trinajstić information content (AvgIpc) is 3.02. The van der Waals surface area contributed by atoms with Gasteiger partial charge in [0.2, 0.25) is 0 Å². The molecule has 2 heterocycles. The molecule has 1 unspecified atom stereocenters. The van der Waals surface area contributed by atoms with Crippen LogP contribution >= 0.6 is 11.3 Å². The molecule has 1 saturated heterocycles. The number of primary amides is 1. The van der Waals surface area contributed by atoms with E-state index in [1.165, 1.54) is 16.9 Å². The molecule has 2 aliphatic rings. The van der Waals surface area contributed by atoms with E-state index in [-0.39, 0.29) is 5.91 Å². The second-order valence-electron chi connectivity index (χ2n) is 8.31. The molecular weight excluding hydrogens is 348 g/mol. The summed E-state index contributed by atoms with van der Waals surface area (Å²) < 4.78 is 0. The summed E-state index contributed by atoms with van der Waals surface area (Å²) in [5.41, 5.74) is 10.5. The molecule has 0 bridgehead atoms. The Labute approximate surface area is 158 Å².